The first kappa shape index (κ1) is 15.8. The molecule has 114 valence electrons. The number of benzene rings is 2. The first-order valence-corrected chi connectivity index (χ1v) is 7.07. The lowest BCUT2D eigenvalue weighted by Gasteiger charge is -2.07. The third-order valence-electron chi connectivity index (χ3n) is 3.43. The maximum atomic E-state index is 12.1. The maximum absolute atomic E-state index is 12.1. The van der Waals surface area contributed by atoms with E-state index in [1.54, 1.807) is 31.4 Å². The van der Waals surface area contributed by atoms with Gasteiger partial charge in [0.2, 0.25) is 0 Å². The van der Waals surface area contributed by atoms with Gasteiger partial charge in [-0.15, -0.1) is 0 Å². The number of ether oxygens (including phenoxy) is 1. The fraction of sp³-hybridized carbons (Fsp3) is 0.222. The van der Waals surface area contributed by atoms with Crippen molar-refractivity contribution in [2.75, 3.05) is 7.11 Å². The van der Waals surface area contributed by atoms with Gasteiger partial charge in [0, 0.05) is 11.1 Å². The molecule has 0 radical (unpaired) electrons. The van der Waals surface area contributed by atoms with Crippen LogP contribution in [0.5, 0.6) is 5.75 Å². The lowest BCUT2D eigenvalue weighted by molar-refractivity contribution is 0.0954. The lowest BCUT2D eigenvalue weighted by atomic mass is 10.0. The molecule has 4 heteroatoms. The number of amides is 1. The Kier molecular flexibility index (Phi) is 4.94. The fourth-order valence-electron chi connectivity index (χ4n) is 2.24. The summed E-state index contributed by atoms with van der Waals surface area (Å²) < 4.78 is 5.11. The van der Waals surface area contributed by atoms with Crippen LogP contribution < -0.4 is 10.2 Å². The first-order chi connectivity index (χ1) is 10.5. The van der Waals surface area contributed by atoms with Gasteiger partial charge in [-0.05, 0) is 44.5 Å². The summed E-state index contributed by atoms with van der Waals surface area (Å²) in [4.78, 5) is 12.1. The SMILES string of the molecule is COc1cccc(C(=O)N/N=C(\C)c2ccc(C)cc2C)c1. The predicted molar refractivity (Wildman–Crippen MR) is 88.6 cm³/mol. The topological polar surface area (TPSA) is 50.7 Å². The molecular formula is C18H20N2O2. The van der Waals surface area contributed by atoms with E-state index >= 15 is 0 Å². The summed E-state index contributed by atoms with van der Waals surface area (Å²) in [6.45, 7) is 5.96. The molecule has 2 aromatic rings. The molecule has 22 heavy (non-hydrogen) atoms. The average molecular weight is 296 g/mol. The standard InChI is InChI=1S/C18H20N2O2/c1-12-8-9-17(13(2)10-12)14(3)19-20-18(21)15-6-5-7-16(11-15)22-4/h5-11H,1-4H3,(H,20,21)/b19-14+. The van der Waals surface area contributed by atoms with Crippen LogP contribution in [0, 0.1) is 13.8 Å². The highest BCUT2D eigenvalue weighted by atomic mass is 16.5. The van der Waals surface area contributed by atoms with Crippen LogP contribution >= 0.6 is 0 Å². The molecular weight excluding hydrogens is 276 g/mol. The summed E-state index contributed by atoms with van der Waals surface area (Å²) in [5.41, 5.74) is 7.23. The van der Waals surface area contributed by atoms with Crippen molar-refractivity contribution in [2.24, 2.45) is 5.10 Å². The summed E-state index contributed by atoms with van der Waals surface area (Å²) >= 11 is 0. The van der Waals surface area contributed by atoms with Crippen LogP contribution in [-0.2, 0) is 0 Å². The van der Waals surface area contributed by atoms with Gasteiger partial charge in [-0.25, -0.2) is 5.43 Å². The molecule has 1 N–H and O–H groups in total. The van der Waals surface area contributed by atoms with Crippen molar-refractivity contribution in [3.05, 3.63) is 64.7 Å². The zero-order chi connectivity index (χ0) is 16.1. The Balaban J connectivity index is 2.14. The molecule has 2 rings (SSSR count). The number of rotatable bonds is 4. The van der Waals surface area contributed by atoms with Crippen molar-refractivity contribution in [2.45, 2.75) is 20.8 Å². The number of hydrogen-bond donors (Lipinski definition) is 1. The quantitative estimate of drug-likeness (QED) is 0.694. The van der Waals surface area contributed by atoms with Crippen molar-refractivity contribution in [1.82, 2.24) is 5.43 Å². The zero-order valence-corrected chi connectivity index (χ0v) is 13.3. The Morgan fingerprint density at radius 2 is 1.91 bits per heavy atom. The number of methoxy groups -OCH3 is 1. The van der Waals surface area contributed by atoms with E-state index < -0.39 is 0 Å². The summed E-state index contributed by atoms with van der Waals surface area (Å²) in [5, 5.41) is 4.19. The summed E-state index contributed by atoms with van der Waals surface area (Å²) in [6, 6.07) is 13.1. The molecule has 0 heterocycles. The summed E-state index contributed by atoms with van der Waals surface area (Å²) in [5.74, 6) is 0.380. The Bertz CT molecular complexity index is 721. The van der Waals surface area contributed by atoms with Gasteiger partial charge < -0.3 is 4.74 Å². The molecule has 0 atom stereocenters. The third-order valence-corrected chi connectivity index (χ3v) is 3.43. The van der Waals surface area contributed by atoms with Gasteiger partial charge in [0.25, 0.3) is 5.91 Å². The van der Waals surface area contributed by atoms with Crippen molar-refractivity contribution in [1.29, 1.82) is 0 Å². The molecule has 0 aliphatic heterocycles. The Hall–Kier alpha value is -2.62. The van der Waals surface area contributed by atoms with E-state index in [2.05, 4.69) is 16.6 Å². The van der Waals surface area contributed by atoms with Crippen molar-refractivity contribution in [3.8, 4) is 5.75 Å². The highest BCUT2D eigenvalue weighted by Gasteiger charge is 2.07. The second-order valence-corrected chi connectivity index (χ2v) is 5.19. The van der Waals surface area contributed by atoms with Crippen LogP contribution in [0.3, 0.4) is 0 Å². The van der Waals surface area contributed by atoms with Crippen LogP contribution in [0.15, 0.2) is 47.6 Å². The maximum Gasteiger partial charge on any atom is 0.271 e. The molecule has 2 aromatic carbocycles. The Morgan fingerprint density at radius 3 is 2.59 bits per heavy atom. The minimum Gasteiger partial charge on any atom is -0.497 e. The fourth-order valence-corrected chi connectivity index (χ4v) is 2.24. The largest absolute Gasteiger partial charge is 0.497 e. The molecule has 0 aromatic heterocycles. The van der Waals surface area contributed by atoms with Crippen LogP contribution in [0.25, 0.3) is 0 Å². The number of carbonyl (C=O) groups is 1. The minimum absolute atomic E-state index is 0.261. The minimum atomic E-state index is -0.261. The predicted octanol–water partition coefficient (Wildman–Crippen LogP) is 3.47. The molecule has 0 aliphatic carbocycles. The van der Waals surface area contributed by atoms with Gasteiger partial charge >= 0.3 is 0 Å². The van der Waals surface area contributed by atoms with Gasteiger partial charge in [-0.3, -0.25) is 4.79 Å². The van der Waals surface area contributed by atoms with Gasteiger partial charge in [-0.1, -0.05) is 29.8 Å². The Labute approximate surface area is 130 Å². The number of aryl methyl sites for hydroxylation is 2. The monoisotopic (exact) mass is 296 g/mol. The highest BCUT2D eigenvalue weighted by Crippen LogP contribution is 2.13. The van der Waals surface area contributed by atoms with Gasteiger partial charge in [-0.2, -0.15) is 5.10 Å². The first-order valence-electron chi connectivity index (χ1n) is 7.07. The van der Waals surface area contributed by atoms with Gasteiger partial charge in [0.05, 0.1) is 12.8 Å². The molecule has 0 bridgehead atoms. The molecule has 0 aliphatic rings. The van der Waals surface area contributed by atoms with Crippen LogP contribution in [0.2, 0.25) is 0 Å². The molecule has 0 unspecified atom stereocenters. The molecule has 4 nitrogen and oxygen atoms in total. The average Bonchev–Trinajstić information content (AvgIpc) is 2.52. The molecule has 1 amide bonds. The number of carbonyl (C=O) groups excluding carboxylic acids is 1. The highest BCUT2D eigenvalue weighted by molar-refractivity contribution is 6.01. The van der Waals surface area contributed by atoms with E-state index in [0.717, 1.165) is 16.8 Å². The number of hydrazone groups is 1. The molecule has 0 spiro atoms. The second-order valence-electron chi connectivity index (χ2n) is 5.19. The summed E-state index contributed by atoms with van der Waals surface area (Å²) in [7, 11) is 1.57. The second kappa shape index (κ2) is 6.89. The smallest absolute Gasteiger partial charge is 0.271 e. The Morgan fingerprint density at radius 1 is 1.14 bits per heavy atom. The van der Waals surface area contributed by atoms with Crippen molar-refractivity contribution in [3.63, 3.8) is 0 Å². The van der Waals surface area contributed by atoms with Crippen LogP contribution in [0.4, 0.5) is 0 Å². The molecule has 0 saturated carbocycles. The zero-order valence-electron chi connectivity index (χ0n) is 13.3. The van der Waals surface area contributed by atoms with Crippen molar-refractivity contribution < 1.29 is 9.53 Å². The van der Waals surface area contributed by atoms with E-state index in [4.69, 9.17) is 4.74 Å². The lowest BCUT2D eigenvalue weighted by Crippen LogP contribution is -2.19. The van der Waals surface area contributed by atoms with Crippen molar-refractivity contribution >= 4 is 11.6 Å². The van der Waals surface area contributed by atoms with E-state index in [-0.39, 0.29) is 5.91 Å². The van der Waals surface area contributed by atoms with E-state index in [0.29, 0.717) is 11.3 Å². The van der Waals surface area contributed by atoms with Gasteiger partial charge in [0.15, 0.2) is 0 Å². The third kappa shape index (κ3) is 3.73. The van der Waals surface area contributed by atoms with Crippen LogP contribution in [0.1, 0.15) is 34.0 Å². The summed E-state index contributed by atoms with van der Waals surface area (Å²) in [6.07, 6.45) is 0. The van der Waals surface area contributed by atoms with Gasteiger partial charge in [0.1, 0.15) is 5.75 Å². The van der Waals surface area contributed by atoms with E-state index in [9.17, 15) is 4.79 Å². The number of hydrogen-bond acceptors (Lipinski definition) is 3. The van der Waals surface area contributed by atoms with E-state index in [1.165, 1.54) is 5.56 Å². The molecule has 0 fully saturated rings. The van der Waals surface area contributed by atoms with E-state index in [1.807, 2.05) is 32.9 Å². The number of nitrogens with zero attached hydrogens (tertiary/aromatic N) is 1. The molecule has 0 saturated heterocycles. The van der Waals surface area contributed by atoms with Crippen LogP contribution in [-0.4, -0.2) is 18.7 Å². The normalized spacial score (nSPS) is 11.2. The number of nitrogens with one attached hydrogen (secondary N) is 1.